The zero-order valence-electron chi connectivity index (χ0n) is 11.0. The Morgan fingerprint density at radius 2 is 2.00 bits per heavy atom. The Morgan fingerprint density at radius 1 is 1.29 bits per heavy atom. The number of rotatable bonds is 2. The maximum absolute atomic E-state index is 7.79. The molecule has 1 aliphatic carbocycles. The Kier molecular flexibility index (Phi) is 3.46. The molecule has 0 aromatic heterocycles. The van der Waals surface area contributed by atoms with Crippen molar-refractivity contribution in [1.29, 1.82) is 5.41 Å². The number of hydrogen-bond donors (Lipinski definition) is 1. The van der Waals surface area contributed by atoms with E-state index in [1.807, 2.05) is 6.92 Å². The van der Waals surface area contributed by atoms with E-state index in [1.54, 1.807) is 0 Å². The van der Waals surface area contributed by atoms with Crippen LogP contribution in [0.1, 0.15) is 43.7 Å². The second-order valence-corrected chi connectivity index (χ2v) is 5.22. The van der Waals surface area contributed by atoms with Crippen LogP contribution in [-0.2, 0) is 0 Å². The minimum atomic E-state index is 0.486. The predicted octanol–water partition coefficient (Wildman–Crippen LogP) is 4.47. The lowest BCUT2D eigenvalue weighted by molar-refractivity contribution is 0.462. The van der Waals surface area contributed by atoms with Gasteiger partial charge in [0.15, 0.2) is 0 Å². The van der Waals surface area contributed by atoms with Gasteiger partial charge in [-0.2, -0.15) is 0 Å². The average molecular weight is 227 g/mol. The summed E-state index contributed by atoms with van der Waals surface area (Å²) in [5.41, 5.74) is 4.76. The SMILES string of the molecule is CC(=N)C1=C[C@H](c2ccccc2C)C(C)CC1. The lowest BCUT2D eigenvalue weighted by Gasteiger charge is -2.29. The molecule has 17 heavy (non-hydrogen) atoms. The number of allylic oxidation sites excluding steroid dienone is 2. The van der Waals surface area contributed by atoms with Crippen molar-refractivity contribution in [2.24, 2.45) is 5.92 Å². The van der Waals surface area contributed by atoms with Gasteiger partial charge in [-0.15, -0.1) is 0 Å². The van der Waals surface area contributed by atoms with Crippen LogP contribution in [0, 0.1) is 18.3 Å². The third kappa shape index (κ3) is 2.49. The summed E-state index contributed by atoms with van der Waals surface area (Å²) < 4.78 is 0. The maximum Gasteiger partial charge on any atom is 0.0311 e. The molecule has 1 unspecified atom stereocenters. The Morgan fingerprint density at radius 3 is 2.65 bits per heavy atom. The molecule has 1 nitrogen and oxygen atoms in total. The second kappa shape index (κ2) is 4.87. The van der Waals surface area contributed by atoms with Crippen LogP contribution in [0.15, 0.2) is 35.9 Å². The fourth-order valence-electron chi connectivity index (χ4n) is 2.70. The van der Waals surface area contributed by atoms with Gasteiger partial charge in [0.2, 0.25) is 0 Å². The highest BCUT2D eigenvalue weighted by atomic mass is 14.4. The quantitative estimate of drug-likeness (QED) is 0.721. The van der Waals surface area contributed by atoms with E-state index in [1.165, 1.54) is 23.1 Å². The second-order valence-electron chi connectivity index (χ2n) is 5.22. The van der Waals surface area contributed by atoms with E-state index in [0.29, 0.717) is 11.8 Å². The molecular formula is C16H21N. The molecule has 1 aliphatic rings. The van der Waals surface area contributed by atoms with E-state index in [0.717, 1.165) is 12.1 Å². The first-order chi connectivity index (χ1) is 8.09. The van der Waals surface area contributed by atoms with Gasteiger partial charge in [-0.3, -0.25) is 0 Å². The van der Waals surface area contributed by atoms with Crippen molar-refractivity contribution in [3.63, 3.8) is 0 Å². The third-order valence-corrected chi connectivity index (χ3v) is 3.89. The summed E-state index contributed by atoms with van der Waals surface area (Å²) >= 11 is 0. The Bertz CT molecular complexity index is 456. The molecule has 0 amide bonds. The van der Waals surface area contributed by atoms with Crippen molar-refractivity contribution in [2.75, 3.05) is 0 Å². The van der Waals surface area contributed by atoms with Crippen LogP contribution in [0.3, 0.4) is 0 Å². The van der Waals surface area contributed by atoms with Crippen LogP contribution < -0.4 is 0 Å². The van der Waals surface area contributed by atoms with Gasteiger partial charge in [-0.25, -0.2) is 0 Å². The molecule has 1 heteroatoms. The van der Waals surface area contributed by atoms with Crippen molar-refractivity contribution in [1.82, 2.24) is 0 Å². The van der Waals surface area contributed by atoms with Crippen molar-refractivity contribution in [3.8, 4) is 0 Å². The van der Waals surface area contributed by atoms with E-state index in [4.69, 9.17) is 5.41 Å². The van der Waals surface area contributed by atoms with Crippen LogP contribution in [0.2, 0.25) is 0 Å². The van der Waals surface area contributed by atoms with E-state index in [9.17, 15) is 0 Å². The fraction of sp³-hybridized carbons (Fsp3) is 0.438. The molecule has 0 saturated carbocycles. The third-order valence-electron chi connectivity index (χ3n) is 3.89. The van der Waals surface area contributed by atoms with E-state index in [-0.39, 0.29) is 0 Å². The summed E-state index contributed by atoms with van der Waals surface area (Å²) in [7, 11) is 0. The first-order valence-corrected chi connectivity index (χ1v) is 6.41. The van der Waals surface area contributed by atoms with Gasteiger partial charge in [-0.1, -0.05) is 37.3 Å². The Balaban J connectivity index is 2.39. The first kappa shape index (κ1) is 12.1. The van der Waals surface area contributed by atoms with Crippen molar-refractivity contribution in [3.05, 3.63) is 47.0 Å². The first-order valence-electron chi connectivity index (χ1n) is 6.41. The number of aryl methyl sites for hydroxylation is 1. The molecule has 0 bridgehead atoms. The van der Waals surface area contributed by atoms with Gasteiger partial charge < -0.3 is 5.41 Å². The lowest BCUT2D eigenvalue weighted by atomic mass is 9.76. The molecule has 0 heterocycles. The van der Waals surface area contributed by atoms with Gasteiger partial charge in [0.1, 0.15) is 0 Å². The van der Waals surface area contributed by atoms with Crippen LogP contribution >= 0.6 is 0 Å². The van der Waals surface area contributed by atoms with E-state index in [2.05, 4.69) is 44.2 Å². The fourth-order valence-corrected chi connectivity index (χ4v) is 2.70. The molecule has 90 valence electrons. The van der Waals surface area contributed by atoms with Crippen LogP contribution in [0.25, 0.3) is 0 Å². The van der Waals surface area contributed by atoms with E-state index < -0.39 is 0 Å². The summed E-state index contributed by atoms with van der Waals surface area (Å²) in [5, 5.41) is 7.79. The highest BCUT2D eigenvalue weighted by Crippen LogP contribution is 2.37. The van der Waals surface area contributed by atoms with Crippen LogP contribution in [0.4, 0.5) is 0 Å². The monoisotopic (exact) mass is 227 g/mol. The molecule has 1 aromatic carbocycles. The molecule has 0 radical (unpaired) electrons. The minimum Gasteiger partial charge on any atom is -0.305 e. The normalized spacial score (nSPS) is 24.3. The molecule has 0 fully saturated rings. The summed E-state index contributed by atoms with van der Waals surface area (Å²) in [6, 6.07) is 8.63. The molecule has 0 saturated heterocycles. The number of hydrogen-bond acceptors (Lipinski definition) is 1. The smallest absolute Gasteiger partial charge is 0.0311 e. The standard InChI is InChI=1S/C16H21N/c1-11-6-4-5-7-15(11)16-10-14(13(3)17)9-8-12(16)2/h4-7,10,12,16-17H,8-9H2,1-3H3/t12?,16-/m0/s1. The van der Waals surface area contributed by atoms with Gasteiger partial charge in [-0.05, 0) is 49.3 Å². The maximum atomic E-state index is 7.79. The predicted molar refractivity (Wildman–Crippen MR) is 73.8 cm³/mol. The molecule has 2 atom stereocenters. The molecule has 1 N–H and O–H groups in total. The van der Waals surface area contributed by atoms with Gasteiger partial charge in [0.05, 0.1) is 0 Å². The topological polar surface area (TPSA) is 23.9 Å². The number of nitrogens with one attached hydrogen (secondary N) is 1. The van der Waals surface area contributed by atoms with Crippen molar-refractivity contribution < 1.29 is 0 Å². The summed E-state index contributed by atoms with van der Waals surface area (Å²) in [6.45, 7) is 6.40. The van der Waals surface area contributed by atoms with E-state index >= 15 is 0 Å². The van der Waals surface area contributed by atoms with Gasteiger partial charge >= 0.3 is 0 Å². The zero-order chi connectivity index (χ0) is 12.4. The lowest BCUT2D eigenvalue weighted by Crippen LogP contribution is -2.16. The zero-order valence-corrected chi connectivity index (χ0v) is 11.0. The minimum absolute atomic E-state index is 0.486. The Hall–Kier alpha value is -1.37. The van der Waals surface area contributed by atoms with Gasteiger partial charge in [0.25, 0.3) is 0 Å². The summed E-state index contributed by atoms with van der Waals surface area (Å²) in [5.74, 6) is 1.17. The highest BCUT2D eigenvalue weighted by Gasteiger charge is 2.23. The number of benzene rings is 1. The van der Waals surface area contributed by atoms with Crippen molar-refractivity contribution in [2.45, 2.75) is 39.5 Å². The molecule has 0 aliphatic heterocycles. The molecule has 2 rings (SSSR count). The molecule has 1 aromatic rings. The largest absolute Gasteiger partial charge is 0.305 e. The van der Waals surface area contributed by atoms with Crippen molar-refractivity contribution >= 4 is 5.71 Å². The van der Waals surface area contributed by atoms with Crippen LogP contribution in [-0.4, -0.2) is 5.71 Å². The average Bonchev–Trinajstić information content (AvgIpc) is 2.30. The van der Waals surface area contributed by atoms with Crippen LogP contribution in [0.5, 0.6) is 0 Å². The molecular weight excluding hydrogens is 206 g/mol. The highest BCUT2D eigenvalue weighted by molar-refractivity contribution is 5.95. The Labute approximate surface area is 104 Å². The summed E-state index contributed by atoms with van der Waals surface area (Å²) in [6.07, 6.45) is 4.58. The molecule has 0 spiro atoms. The van der Waals surface area contributed by atoms with Gasteiger partial charge in [0, 0.05) is 11.6 Å². The summed E-state index contributed by atoms with van der Waals surface area (Å²) in [4.78, 5) is 0.